The lowest BCUT2D eigenvalue weighted by atomic mass is 10.2. The van der Waals surface area contributed by atoms with E-state index in [9.17, 15) is 9.59 Å². The monoisotopic (exact) mass is 326 g/mol. The number of nitrogens with zero attached hydrogens (tertiary/aromatic N) is 1. The van der Waals surface area contributed by atoms with Crippen molar-refractivity contribution >= 4 is 17.6 Å². The summed E-state index contributed by atoms with van der Waals surface area (Å²) in [6.45, 7) is 2.30. The van der Waals surface area contributed by atoms with Crippen molar-refractivity contribution < 1.29 is 19.4 Å². The fraction of sp³-hybridized carbons (Fsp3) is 0.278. The van der Waals surface area contributed by atoms with Crippen molar-refractivity contribution in [2.24, 2.45) is 5.92 Å². The highest BCUT2D eigenvalue weighted by Gasteiger charge is 2.21. The van der Waals surface area contributed by atoms with Gasteiger partial charge in [0.15, 0.2) is 0 Å². The highest BCUT2D eigenvalue weighted by molar-refractivity contribution is 6.03. The Morgan fingerprint density at radius 3 is 2.50 bits per heavy atom. The highest BCUT2D eigenvalue weighted by atomic mass is 16.5. The summed E-state index contributed by atoms with van der Waals surface area (Å²) in [7, 11) is 0. The Morgan fingerprint density at radius 2 is 1.92 bits per heavy atom. The van der Waals surface area contributed by atoms with E-state index in [4.69, 9.17) is 9.84 Å². The predicted octanol–water partition coefficient (Wildman–Crippen LogP) is 3.13. The van der Waals surface area contributed by atoms with Gasteiger partial charge in [0, 0.05) is 5.69 Å². The van der Waals surface area contributed by atoms with E-state index in [-0.39, 0.29) is 17.2 Å². The smallest absolute Gasteiger partial charge is 0.337 e. The van der Waals surface area contributed by atoms with Gasteiger partial charge in [-0.15, -0.1) is 0 Å². The number of benzene rings is 1. The maximum atomic E-state index is 12.2. The summed E-state index contributed by atoms with van der Waals surface area (Å²) < 4.78 is 5.65. The van der Waals surface area contributed by atoms with Gasteiger partial charge in [0.1, 0.15) is 11.4 Å². The van der Waals surface area contributed by atoms with Gasteiger partial charge in [0.05, 0.1) is 17.9 Å². The van der Waals surface area contributed by atoms with Crippen molar-refractivity contribution in [2.75, 3.05) is 11.9 Å². The average Bonchev–Trinajstić information content (AvgIpc) is 3.38. The zero-order valence-corrected chi connectivity index (χ0v) is 13.3. The van der Waals surface area contributed by atoms with Crippen molar-refractivity contribution in [1.82, 2.24) is 4.98 Å². The molecule has 0 bridgehead atoms. The van der Waals surface area contributed by atoms with Crippen LogP contribution in [0, 0.1) is 12.8 Å². The lowest BCUT2D eigenvalue weighted by molar-refractivity contribution is 0.0695. The number of aryl methyl sites for hydroxylation is 1. The summed E-state index contributed by atoms with van der Waals surface area (Å²) in [5.74, 6) is 0.0163. The lowest BCUT2D eigenvalue weighted by Gasteiger charge is -2.08. The Hall–Kier alpha value is -2.89. The minimum Gasteiger partial charge on any atom is -0.493 e. The van der Waals surface area contributed by atoms with Crippen molar-refractivity contribution in [3.05, 3.63) is 53.3 Å². The number of anilines is 1. The van der Waals surface area contributed by atoms with Crippen molar-refractivity contribution in [3.8, 4) is 5.75 Å². The van der Waals surface area contributed by atoms with Gasteiger partial charge >= 0.3 is 5.97 Å². The molecule has 1 aliphatic carbocycles. The number of rotatable bonds is 6. The summed E-state index contributed by atoms with van der Waals surface area (Å²) in [5, 5.41) is 11.7. The molecule has 1 aliphatic rings. The minimum atomic E-state index is -1.06. The van der Waals surface area contributed by atoms with E-state index >= 15 is 0 Å². The molecular weight excluding hydrogens is 308 g/mol. The van der Waals surface area contributed by atoms with Crippen LogP contribution in [0.4, 0.5) is 5.69 Å². The number of carboxylic acids is 1. The van der Waals surface area contributed by atoms with E-state index in [1.807, 2.05) is 12.1 Å². The number of aromatic carboxylic acids is 1. The summed E-state index contributed by atoms with van der Waals surface area (Å²) in [4.78, 5) is 27.2. The molecule has 6 nitrogen and oxygen atoms in total. The second-order valence-corrected chi connectivity index (χ2v) is 5.87. The largest absolute Gasteiger partial charge is 0.493 e. The number of hydrogen-bond donors (Lipinski definition) is 2. The van der Waals surface area contributed by atoms with Gasteiger partial charge < -0.3 is 15.2 Å². The molecule has 1 heterocycles. The maximum absolute atomic E-state index is 12.2. The van der Waals surface area contributed by atoms with Crippen LogP contribution in [0.1, 0.15) is 39.4 Å². The minimum absolute atomic E-state index is 0.0868. The molecule has 0 unspecified atom stereocenters. The second-order valence-electron chi connectivity index (χ2n) is 5.87. The molecule has 24 heavy (non-hydrogen) atoms. The third-order valence-electron chi connectivity index (χ3n) is 3.84. The van der Waals surface area contributed by atoms with Gasteiger partial charge in [-0.25, -0.2) is 9.78 Å². The summed E-state index contributed by atoms with van der Waals surface area (Å²) >= 11 is 0. The molecule has 2 N–H and O–H groups in total. The van der Waals surface area contributed by atoms with Crippen LogP contribution in [0.15, 0.2) is 36.4 Å². The van der Waals surface area contributed by atoms with Crippen LogP contribution in [-0.2, 0) is 0 Å². The first-order valence-electron chi connectivity index (χ1n) is 7.78. The van der Waals surface area contributed by atoms with Crippen molar-refractivity contribution in [3.63, 3.8) is 0 Å². The fourth-order valence-electron chi connectivity index (χ4n) is 2.24. The van der Waals surface area contributed by atoms with Gasteiger partial charge in [0.25, 0.3) is 5.91 Å². The van der Waals surface area contributed by atoms with E-state index in [1.165, 1.54) is 25.0 Å². The number of ether oxygens (including phenoxy) is 1. The van der Waals surface area contributed by atoms with E-state index in [0.29, 0.717) is 17.3 Å². The highest BCUT2D eigenvalue weighted by Crippen LogP contribution is 2.29. The molecule has 0 spiro atoms. The number of carboxylic acid groups (broad SMARTS) is 1. The van der Waals surface area contributed by atoms with E-state index < -0.39 is 5.97 Å². The normalized spacial score (nSPS) is 13.4. The van der Waals surface area contributed by atoms with E-state index in [2.05, 4.69) is 10.3 Å². The van der Waals surface area contributed by atoms with Crippen molar-refractivity contribution in [1.29, 1.82) is 0 Å². The third-order valence-corrected chi connectivity index (χ3v) is 3.84. The Morgan fingerprint density at radius 1 is 1.21 bits per heavy atom. The molecule has 1 aromatic carbocycles. The van der Waals surface area contributed by atoms with Crippen LogP contribution >= 0.6 is 0 Å². The third kappa shape index (κ3) is 3.90. The molecule has 3 rings (SSSR count). The molecule has 0 radical (unpaired) electrons. The van der Waals surface area contributed by atoms with Crippen LogP contribution in [0.3, 0.4) is 0 Å². The number of pyridine rings is 1. The first-order chi connectivity index (χ1) is 11.5. The predicted molar refractivity (Wildman–Crippen MR) is 88.5 cm³/mol. The zero-order valence-electron chi connectivity index (χ0n) is 13.3. The van der Waals surface area contributed by atoms with Crippen molar-refractivity contribution in [2.45, 2.75) is 19.8 Å². The quantitative estimate of drug-likeness (QED) is 0.851. The molecule has 1 aromatic heterocycles. The average molecular weight is 326 g/mol. The maximum Gasteiger partial charge on any atom is 0.337 e. The topological polar surface area (TPSA) is 88.5 Å². The van der Waals surface area contributed by atoms with Crippen LogP contribution in [0.25, 0.3) is 0 Å². The molecule has 1 amide bonds. The molecule has 0 aliphatic heterocycles. The number of amides is 1. The Balaban J connectivity index is 1.63. The number of hydrogen-bond acceptors (Lipinski definition) is 4. The number of carbonyl (C=O) groups excluding carboxylic acids is 1. The zero-order chi connectivity index (χ0) is 17.1. The van der Waals surface area contributed by atoms with E-state index in [0.717, 1.165) is 12.4 Å². The molecule has 0 atom stereocenters. The summed E-state index contributed by atoms with van der Waals surface area (Å²) in [5.41, 5.74) is 1.19. The van der Waals surface area contributed by atoms with Crippen LogP contribution in [-0.4, -0.2) is 28.6 Å². The number of aromatic nitrogens is 1. The van der Waals surface area contributed by atoms with Gasteiger partial charge in [0.2, 0.25) is 0 Å². The first-order valence-corrected chi connectivity index (χ1v) is 7.78. The molecule has 0 saturated heterocycles. The number of nitrogens with one attached hydrogen (secondary N) is 1. The first kappa shape index (κ1) is 16.0. The molecule has 1 saturated carbocycles. The SMILES string of the molecule is Cc1nc(C(=O)Nc2ccc(OCC3CC3)cc2)ccc1C(=O)O. The van der Waals surface area contributed by atoms with Crippen LogP contribution < -0.4 is 10.1 Å². The molecule has 1 fully saturated rings. The number of carbonyl (C=O) groups is 2. The van der Waals surface area contributed by atoms with Crippen LogP contribution in [0.5, 0.6) is 5.75 Å². The standard InChI is InChI=1S/C18H18N2O4/c1-11-15(18(22)23)8-9-16(19-11)17(21)20-13-4-6-14(7-5-13)24-10-12-2-3-12/h4-9,12H,2-3,10H2,1H3,(H,20,21)(H,22,23). The molecule has 2 aromatic rings. The van der Waals surface area contributed by atoms with E-state index in [1.54, 1.807) is 19.1 Å². The van der Waals surface area contributed by atoms with Crippen LogP contribution in [0.2, 0.25) is 0 Å². The van der Waals surface area contributed by atoms with Gasteiger partial charge in [-0.1, -0.05) is 0 Å². The Kier molecular flexibility index (Phi) is 4.46. The van der Waals surface area contributed by atoms with Gasteiger partial charge in [-0.2, -0.15) is 0 Å². The Labute approximate surface area is 139 Å². The Bertz CT molecular complexity index is 767. The van der Waals surface area contributed by atoms with Gasteiger partial charge in [-0.05, 0) is 62.1 Å². The molecule has 124 valence electrons. The summed E-state index contributed by atoms with van der Waals surface area (Å²) in [6.07, 6.45) is 2.47. The molecule has 6 heteroatoms. The lowest BCUT2D eigenvalue weighted by Crippen LogP contribution is -2.15. The summed E-state index contributed by atoms with van der Waals surface area (Å²) in [6, 6.07) is 9.93. The second kappa shape index (κ2) is 6.70. The van der Waals surface area contributed by atoms with Gasteiger partial charge in [-0.3, -0.25) is 4.79 Å². The fourth-order valence-corrected chi connectivity index (χ4v) is 2.24. The molecular formula is C18H18N2O4.